The first kappa shape index (κ1) is 10.1. The highest BCUT2D eigenvalue weighted by Gasteiger charge is 1.93. The van der Waals surface area contributed by atoms with Crippen LogP contribution in [-0.2, 0) is 0 Å². The van der Waals surface area contributed by atoms with Crippen molar-refractivity contribution in [3.63, 3.8) is 0 Å². The molecule has 1 rings (SSSR count). The Kier molecular flexibility index (Phi) is 4.73. The lowest BCUT2D eigenvalue weighted by Gasteiger charge is -1.99. The first-order chi connectivity index (χ1) is 5.83. The third-order valence-corrected chi connectivity index (χ3v) is 2.99. The molecule has 3 heteroatoms. The molecule has 1 aromatic rings. The molecule has 0 fully saturated rings. The maximum atomic E-state index is 5.40. The highest BCUT2D eigenvalue weighted by molar-refractivity contribution is 9.10. The molecular formula is C9H12BrNS. The smallest absolute Gasteiger partial charge is 0.0186 e. The fourth-order valence-electron chi connectivity index (χ4n) is 0.830. The van der Waals surface area contributed by atoms with Crippen molar-refractivity contribution in [3.05, 3.63) is 28.7 Å². The van der Waals surface area contributed by atoms with E-state index in [1.807, 2.05) is 17.8 Å². The minimum absolute atomic E-state index is 0.779. The molecule has 0 saturated carbocycles. The van der Waals surface area contributed by atoms with Crippen molar-refractivity contribution < 1.29 is 0 Å². The van der Waals surface area contributed by atoms with E-state index < -0.39 is 0 Å². The molecule has 0 aliphatic carbocycles. The molecule has 1 aromatic carbocycles. The number of hydrogen-bond donors (Lipinski definition) is 1. The summed E-state index contributed by atoms with van der Waals surface area (Å²) in [5.41, 5.74) is 5.40. The van der Waals surface area contributed by atoms with E-state index in [0.29, 0.717) is 0 Å². The lowest BCUT2D eigenvalue weighted by molar-refractivity contribution is 0.943. The third-order valence-electron chi connectivity index (χ3n) is 1.41. The summed E-state index contributed by atoms with van der Waals surface area (Å²) in [6.07, 6.45) is 1.08. The van der Waals surface area contributed by atoms with E-state index in [-0.39, 0.29) is 0 Å². The lowest BCUT2D eigenvalue weighted by atomic mass is 10.4. The van der Waals surface area contributed by atoms with Gasteiger partial charge < -0.3 is 5.73 Å². The van der Waals surface area contributed by atoms with Crippen molar-refractivity contribution in [2.24, 2.45) is 5.73 Å². The zero-order valence-corrected chi connectivity index (χ0v) is 9.20. The monoisotopic (exact) mass is 245 g/mol. The van der Waals surface area contributed by atoms with E-state index in [1.54, 1.807) is 0 Å². The van der Waals surface area contributed by atoms with Crippen molar-refractivity contribution in [3.8, 4) is 0 Å². The molecule has 0 unspecified atom stereocenters. The van der Waals surface area contributed by atoms with Crippen LogP contribution in [0.3, 0.4) is 0 Å². The van der Waals surface area contributed by atoms with Gasteiger partial charge in [-0.2, -0.15) is 0 Å². The zero-order valence-electron chi connectivity index (χ0n) is 6.79. The van der Waals surface area contributed by atoms with Gasteiger partial charge >= 0.3 is 0 Å². The Balaban J connectivity index is 2.41. The molecule has 0 heterocycles. The van der Waals surface area contributed by atoms with Crippen LogP contribution in [0.15, 0.2) is 33.6 Å². The second kappa shape index (κ2) is 5.62. The zero-order chi connectivity index (χ0) is 8.81. The summed E-state index contributed by atoms with van der Waals surface area (Å²) in [6, 6.07) is 8.33. The summed E-state index contributed by atoms with van der Waals surface area (Å²) in [5, 5.41) is 0. The van der Waals surface area contributed by atoms with Crippen LogP contribution < -0.4 is 5.73 Å². The second-order valence-electron chi connectivity index (χ2n) is 2.45. The topological polar surface area (TPSA) is 26.0 Å². The second-order valence-corrected chi connectivity index (χ2v) is 4.53. The number of thioether (sulfide) groups is 1. The molecule has 0 amide bonds. The molecule has 0 aliphatic heterocycles. The molecule has 0 spiro atoms. The van der Waals surface area contributed by atoms with Crippen molar-refractivity contribution in [2.75, 3.05) is 12.3 Å². The van der Waals surface area contributed by atoms with Crippen LogP contribution in [0.4, 0.5) is 0 Å². The average Bonchev–Trinajstić information content (AvgIpc) is 2.05. The molecule has 0 bridgehead atoms. The Labute approximate surface area is 85.9 Å². The van der Waals surface area contributed by atoms with Crippen molar-refractivity contribution in [1.82, 2.24) is 0 Å². The molecule has 0 aliphatic rings. The predicted molar refractivity (Wildman–Crippen MR) is 58.5 cm³/mol. The van der Waals surface area contributed by atoms with Crippen molar-refractivity contribution in [2.45, 2.75) is 11.3 Å². The maximum absolute atomic E-state index is 5.40. The van der Waals surface area contributed by atoms with Crippen molar-refractivity contribution in [1.29, 1.82) is 0 Å². The van der Waals surface area contributed by atoms with E-state index in [9.17, 15) is 0 Å². The third kappa shape index (κ3) is 3.61. The molecule has 2 N–H and O–H groups in total. The van der Waals surface area contributed by atoms with Gasteiger partial charge in [0.15, 0.2) is 0 Å². The first-order valence-corrected chi connectivity index (χ1v) is 5.69. The summed E-state index contributed by atoms with van der Waals surface area (Å²) in [6.45, 7) is 0.779. The van der Waals surface area contributed by atoms with Gasteiger partial charge in [0.05, 0.1) is 0 Å². The molecule has 0 aromatic heterocycles. The standard InChI is InChI=1S/C9H12BrNS/c10-8-3-1-4-9(7-8)12-6-2-5-11/h1,3-4,7H,2,5-6,11H2. The number of nitrogens with two attached hydrogens (primary N) is 1. The van der Waals surface area contributed by atoms with Gasteiger partial charge in [0.2, 0.25) is 0 Å². The van der Waals surface area contributed by atoms with Crippen LogP contribution >= 0.6 is 27.7 Å². The van der Waals surface area contributed by atoms with E-state index in [1.165, 1.54) is 4.90 Å². The highest BCUT2D eigenvalue weighted by Crippen LogP contribution is 2.21. The Morgan fingerprint density at radius 3 is 2.92 bits per heavy atom. The highest BCUT2D eigenvalue weighted by atomic mass is 79.9. The maximum Gasteiger partial charge on any atom is 0.0186 e. The number of benzene rings is 1. The Morgan fingerprint density at radius 2 is 2.25 bits per heavy atom. The van der Waals surface area contributed by atoms with Gasteiger partial charge in [0, 0.05) is 9.37 Å². The molecule has 12 heavy (non-hydrogen) atoms. The molecule has 1 nitrogen and oxygen atoms in total. The van der Waals surface area contributed by atoms with Gasteiger partial charge in [-0.1, -0.05) is 22.0 Å². The molecule has 0 saturated heterocycles. The average molecular weight is 246 g/mol. The van der Waals surface area contributed by atoms with Gasteiger partial charge in [-0.15, -0.1) is 11.8 Å². The van der Waals surface area contributed by atoms with E-state index >= 15 is 0 Å². The van der Waals surface area contributed by atoms with Gasteiger partial charge in [0.25, 0.3) is 0 Å². The van der Waals surface area contributed by atoms with Crippen molar-refractivity contribution >= 4 is 27.7 Å². The van der Waals surface area contributed by atoms with Gasteiger partial charge in [-0.05, 0) is 36.9 Å². The minimum atomic E-state index is 0.779. The summed E-state index contributed by atoms with van der Waals surface area (Å²) >= 11 is 5.28. The SMILES string of the molecule is NCCCSc1cccc(Br)c1. The minimum Gasteiger partial charge on any atom is -0.330 e. The van der Waals surface area contributed by atoms with Crippen LogP contribution in [0, 0.1) is 0 Å². The normalized spacial score (nSPS) is 10.2. The predicted octanol–water partition coefficient (Wildman–Crippen LogP) is 2.89. The van der Waals surface area contributed by atoms with Gasteiger partial charge in [-0.25, -0.2) is 0 Å². The van der Waals surface area contributed by atoms with Crippen LogP contribution in [0.1, 0.15) is 6.42 Å². The number of halogens is 1. The Hall–Kier alpha value is 0.01000. The van der Waals surface area contributed by atoms with E-state index in [2.05, 4.69) is 34.1 Å². The molecule has 0 radical (unpaired) electrons. The Bertz CT molecular complexity index is 240. The largest absolute Gasteiger partial charge is 0.330 e. The fraction of sp³-hybridized carbons (Fsp3) is 0.333. The van der Waals surface area contributed by atoms with Gasteiger partial charge in [-0.3, -0.25) is 0 Å². The van der Waals surface area contributed by atoms with Crippen LogP contribution in [-0.4, -0.2) is 12.3 Å². The molecular weight excluding hydrogens is 234 g/mol. The fourth-order valence-corrected chi connectivity index (χ4v) is 2.31. The summed E-state index contributed by atoms with van der Waals surface area (Å²) in [4.78, 5) is 1.30. The van der Waals surface area contributed by atoms with E-state index in [0.717, 1.165) is 23.2 Å². The summed E-state index contributed by atoms with van der Waals surface area (Å²) < 4.78 is 1.14. The molecule has 66 valence electrons. The Morgan fingerprint density at radius 1 is 1.42 bits per heavy atom. The first-order valence-electron chi connectivity index (χ1n) is 3.91. The number of rotatable bonds is 4. The lowest BCUT2D eigenvalue weighted by Crippen LogP contribution is -1.99. The quantitative estimate of drug-likeness (QED) is 0.653. The van der Waals surface area contributed by atoms with Crippen LogP contribution in [0.5, 0.6) is 0 Å². The van der Waals surface area contributed by atoms with E-state index in [4.69, 9.17) is 5.73 Å². The number of hydrogen-bond acceptors (Lipinski definition) is 2. The molecule has 0 atom stereocenters. The summed E-state index contributed by atoms with van der Waals surface area (Å²) in [5.74, 6) is 1.10. The summed E-state index contributed by atoms with van der Waals surface area (Å²) in [7, 11) is 0. The van der Waals surface area contributed by atoms with Crippen LogP contribution in [0.25, 0.3) is 0 Å². The van der Waals surface area contributed by atoms with Crippen LogP contribution in [0.2, 0.25) is 0 Å². The van der Waals surface area contributed by atoms with Gasteiger partial charge in [0.1, 0.15) is 0 Å².